The van der Waals surface area contributed by atoms with Crippen molar-refractivity contribution in [3.8, 4) is 11.5 Å². The van der Waals surface area contributed by atoms with Crippen molar-refractivity contribution in [2.75, 3.05) is 23.8 Å². The van der Waals surface area contributed by atoms with Crippen LogP contribution >= 0.6 is 0 Å². The molecule has 1 aromatic carbocycles. The zero-order valence-electron chi connectivity index (χ0n) is 17.1. The lowest BCUT2D eigenvalue weighted by molar-refractivity contribution is 0.0946. The molecule has 5 rings (SSSR count). The van der Waals surface area contributed by atoms with Gasteiger partial charge in [0.2, 0.25) is 11.8 Å². The van der Waals surface area contributed by atoms with E-state index in [2.05, 4.69) is 36.1 Å². The molecule has 0 unspecified atom stereocenters. The van der Waals surface area contributed by atoms with E-state index in [0.717, 1.165) is 30.5 Å². The third kappa shape index (κ3) is 4.06. The average Bonchev–Trinajstić information content (AvgIpc) is 3.52. The van der Waals surface area contributed by atoms with Crippen molar-refractivity contribution in [2.45, 2.75) is 32.2 Å². The SMILES string of the molecule is Cc1nnc(-c2cnc(Nc3ccc4c(c3)CCNC4=O)nc2N[C@H](CO)C2CC2)o1. The highest BCUT2D eigenvalue weighted by molar-refractivity contribution is 5.97. The Kier molecular flexibility index (Phi) is 4.99. The lowest BCUT2D eigenvalue weighted by Crippen LogP contribution is -2.31. The van der Waals surface area contributed by atoms with E-state index in [0.29, 0.717) is 47.1 Å². The Balaban J connectivity index is 1.45. The van der Waals surface area contributed by atoms with Crippen LogP contribution in [0, 0.1) is 12.8 Å². The number of aryl methyl sites for hydroxylation is 1. The zero-order valence-corrected chi connectivity index (χ0v) is 17.1. The number of aromatic nitrogens is 4. The number of carbonyl (C=O) groups excluding carboxylic acids is 1. The van der Waals surface area contributed by atoms with Crippen LogP contribution in [0.25, 0.3) is 11.5 Å². The molecule has 3 heterocycles. The molecular formula is C21H23N7O3. The molecule has 0 saturated heterocycles. The molecule has 160 valence electrons. The first-order valence-corrected chi connectivity index (χ1v) is 10.3. The molecule has 1 fully saturated rings. The number of benzene rings is 1. The number of rotatable bonds is 7. The van der Waals surface area contributed by atoms with Gasteiger partial charge in [-0.1, -0.05) is 0 Å². The van der Waals surface area contributed by atoms with Crippen molar-refractivity contribution in [1.29, 1.82) is 0 Å². The number of fused-ring (bicyclic) bond motifs is 1. The summed E-state index contributed by atoms with van der Waals surface area (Å²) in [5.74, 6) is 2.03. The summed E-state index contributed by atoms with van der Waals surface area (Å²) in [7, 11) is 0. The van der Waals surface area contributed by atoms with Crippen LogP contribution in [0.1, 0.15) is 34.7 Å². The Morgan fingerprint density at radius 2 is 2.16 bits per heavy atom. The number of nitrogens with one attached hydrogen (secondary N) is 3. The highest BCUT2D eigenvalue weighted by Crippen LogP contribution is 2.35. The fourth-order valence-corrected chi connectivity index (χ4v) is 3.74. The summed E-state index contributed by atoms with van der Waals surface area (Å²) in [6.07, 6.45) is 4.55. The predicted molar refractivity (Wildman–Crippen MR) is 113 cm³/mol. The van der Waals surface area contributed by atoms with Gasteiger partial charge in [-0.25, -0.2) is 4.98 Å². The topological polar surface area (TPSA) is 138 Å². The maximum Gasteiger partial charge on any atom is 0.253 e. The van der Waals surface area contributed by atoms with E-state index in [9.17, 15) is 9.90 Å². The van der Waals surface area contributed by atoms with Gasteiger partial charge in [-0.15, -0.1) is 10.2 Å². The van der Waals surface area contributed by atoms with Crippen LogP contribution in [-0.2, 0) is 6.42 Å². The van der Waals surface area contributed by atoms with Crippen LogP contribution in [0.3, 0.4) is 0 Å². The molecule has 0 radical (unpaired) electrons. The second-order valence-electron chi connectivity index (χ2n) is 7.86. The summed E-state index contributed by atoms with van der Waals surface area (Å²) in [6, 6.07) is 5.47. The summed E-state index contributed by atoms with van der Waals surface area (Å²) in [6.45, 7) is 2.35. The zero-order chi connectivity index (χ0) is 21.4. The normalized spacial score (nSPS) is 16.4. The van der Waals surface area contributed by atoms with Crippen molar-refractivity contribution >= 4 is 23.4 Å². The van der Waals surface area contributed by atoms with E-state index >= 15 is 0 Å². The quantitative estimate of drug-likeness (QED) is 0.451. The van der Waals surface area contributed by atoms with Gasteiger partial charge in [0.05, 0.1) is 18.2 Å². The number of hydrogen-bond acceptors (Lipinski definition) is 9. The lowest BCUT2D eigenvalue weighted by Gasteiger charge is -2.19. The fraction of sp³-hybridized carbons (Fsp3) is 0.381. The molecule has 3 aromatic rings. The first-order chi connectivity index (χ1) is 15.1. The molecule has 2 aromatic heterocycles. The second kappa shape index (κ2) is 7.95. The lowest BCUT2D eigenvalue weighted by atomic mass is 10.00. The standard InChI is InChI=1S/C21H23N7O3/c1-11-27-28-20(31-11)16-9-23-21(26-18(16)25-17(10-29)12-2-3-12)24-14-4-5-15-13(8-14)6-7-22-19(15)30/h4-5,8-9,12,17,29H,2-3,6-7,10H2,1H3,(H,22,30)(H2,23,24,25,26)/t17-/m1/s1. The first-order valence-electron chi connectivity index (χ1n) is 10.3. The molecular weight excluding hydrogens is 398 g/mol. The molecule has 4 N–H and O–H groups in total. The number of anilines is 3. The molecule has 31 heavy (non-hydrogen) atoms. The summed E-state index contributed by atoms with van der Waals surface area (Å²) >= 11 is 0. The maximum absolute atomic E-state index is 12.0. The summed E-state index contributed by atoms with van der Waals surface area (Å²) in [4.78, 5) is 21.0. The minimum atomic E-state index is -0.104. The number of nitrogens with zero attached hydrogens (tertiary/aromatic N) is 4. The third-order valence-corrected chi connectivity index (χ3v) is 5.54. The fourth-order valence-electron chi connectivity index (χ4n) is 3.74. The number of amides is 1. The summed E-state index contributed by atoms with van der Waals surface area (Å²) in [5, 5.41) is 27.1. The van der Waals surface area contributed by atoms with E-state index in [4.69, 9.17) is 4.42 Å². The van der Waals surface area contributed by atoms with Crippen LogP contribution in [0.4, 0.5) is 17.5 Å². The van der Waals surface area contributed by atoms with Gasteiger partial charge in [0, 0.05) is 30.9 Å². The number of hydrogen-bond donors (Lipinski definition) is 4. The van der Waals surface area contributed by atoms with Gasteiger partial charge in [-0.3, -0.25) is 4.79 Å². The van der Waals surface area contributed by atoms with E-state index in [1.54, 1.807) is 19.2 Å². The maximum atomic E-state index is 12.0. The van der Waals surface area contributed by atoms with Crippen LogP contribution in [-0.4, -0.2) is 50.4 Å². The van der Waals surface area contributed by atoms with Crippen molar-refractivity contribution in [3.63, 3.8) is 0 Å². The summed E-state index contributed by atoms with van der Waals surface area (Å²) in [5.41, 5.74) is 3.05. The number of aliphatic hydroxyl groups is 1. The monoisotopic (exact) mass is 421 g/mol. The molecule has 1 atom stereocenters. The summed E-state index contributed by atoms with van der Waals surface area (Å²) < 4.78 is 5.57. The van der Waals surface area contributed by atoms with Crippen molar-refractivity contribution in [2.24, 2.45) is 5.92 Å². The molecule has 1 aliphatic heterocycles. The van der Waals surface area contributed by atoms with Crippen molar-refractivity contribution in [3.05, 3.63) is 41.4 Å². The highest BCUT2D eigenvalue weighted by atomic mass is 16.4. The predicted octanol–water partition coefficient (Wildman–Crippen LogP) is 2.05. The van der Waals surface area contributed by atoms with Gasteiger partial charge in [-0.05, 0) is 48.9 Å². The molecule has 1 amide bonds. The van der Waals surface area contributed by atoms with Gasteiger partial charge in [0.15, 0.2) is 0 Å². The Labute approximate surface area is 178 Å². The van der Waals surface area contributed by atoms with Gasteiger partial charge in [-0.2, -0.15) is 4.98 Å². The Morgan fingerprint density at radius 1 is 1.29 bits per heavy atom. The Bertz CT molecular complexity index is 1130. The molecule has 1 aliphatic carbocycles. The number of aliphatic hydroxyl groups excluding tert-OH is 1. The molecule has 1 saturated carbocycles. The average molecular weight is 421 g/mol. The Hall–Kier alpha value is -3.53. The van der Waals surface area contributed by atoms with Gasteiger partial charge in [0.25, 0.3) is 11.8 Å². The Morgan fingerprint density at radius 3 is 2.90 bits per heavy atom. The van der Waals surface area contributed by atoms with Gasteiger partial charge in [0.1, 0.15) is 5.82 Å². The van der Waals surface area contributed by atoms with Crippen LogP contribution in [0.15, 0.2) is 28.8 Å². The van der Waals surface area contributed by atoms with Crippen LogP contribution in [0.2, 0.25) is 0 Å². The van der Waals surface area contributed by atoms with Crippen molar-refractivity contribution < 1.29 is 14.3 Å². The van der Waals surface area contributed by atoms with Crippen LogP contribution < -0.4 is 16.0 Å². The molecule has 0 bridgehead atoms. The molecule has 10 nitrogen and oxygen atoms in total. The van der Waals surface area contributed by atoms with Gasteiger partial charge < -0.3 is 25.5 Å². The molecule has 10 heteroatoms. The molecule has 0 spiro atoms. The van der Waals surface area contributed by atoms with Crippen LogP contribution in [0.5, 0.6) is 0 Å². The van der Waals surface area contributed by atoms with E-state index in [1.807, 2.05) is 12.1 Å². The highest BCUT2D eigenvalue weighted by Gasteiger charge is 2.32. The van der Waals surface area contributed by atoms with Crippen molar-refractivity contribution in [1.82, 2.24) is 25.5 Å². The second-order valence-corrected chi connectivity index (χ2v) is 7.86. The third-order valence-electron chi connectivity index (χ3n) is 5.54. The van der Waals surface area contributed by atoms with E-state index in [1.165, 1.54) is 0 Å². The molecule has 2 aliphatic rings. The minimum Gasteiger partial charge on any atom is -0.421 e. The minimum absolute atomic E-state index is 0.00657. The smallest absolute Gasteiger partial charge is 0.253 e. The first kappa shape index (κ1) is 19.4. The number of carbonyl (C=O) groups is 1. The van der Waals surface area contributed by atoms with E-state index in [-0.39, 0.29) is 18.6 Å². The van der Waals surface area contributed by atoms with Gasteiger partial charge >= 0.3 is 0 Å². The largest absolute Gasteiger partial charge is 0.421 e. The van der Waals surface area contributed by atoms with E-state index < -0.39 is 0 Å².